The van der Waals surface area contributed by atoms with Crippen molar-refractivity contribution >= 4 is 11.9 Å². The second kappa shape index (κ2) is 6.56. The van der Waals surface area contributed by atoms with E-state index in [0.29, 0.717) is 43.9 Å². The summed E-state index contributed by atoms with van der Waals surface area (Å²) in [6.45, 7) is 6.02. The fourth-order valence-corrected chi connectivity index (χ4v) is 2.28. The first-order valence-electron chi connectivity index (χ1n) is 7.11. The van der Waals surface area contributed by atoms with E-state index < -0.39 is 0 Å². The van der Waals surface area contributed by atoms with Gasteiger partial charge in [0.15, 0.2) is 0 Å². The van der Waals surface area contributed by atoms with E-state index in [-0.39, 0.29) is 17.8 Å². The Hall–Kier alpha value is -2.11. The van der Waals surface area contributed by atoms with Gasteiger partial charge in [-0.1, -0.05) is 6.07 Å². The summed E-state index contributed by atoms with van der Waals surface area (Å²) in [6.07, 6.45) is 0. The first-order valence-corrected chi connectivity index (χ1v) is 7.11. The highest BCUT2D eigenvalue weighted by Gasteiger charge is 2.24. The van der Waals surface area contributed by atoms with Gasteiger partial charge in [0.05, 0.1) is 0 Å². The lowest BCUT2D eigenvalue weighted by molar-refractivity contribution is 0.0665. The van der Waals surface area contributed by atoms with Gasteiger partial charge in [0, 0.05) is 38.3 Å². The standard InChI is InChI=1S/C15H20FN3O2/c1-3-17-15(21)19-8-6-18(7-9-19)14(20)12-5-4-11(2)13(16)10-12/h4-5,10H,3,6-9H2,1-2H3,(H,17,21). The minimum absolute atomic E-state index is 0.106. The van der Waals surface area contributed by atoms with Crippen LogP contribution in [-0.2, 0) is 0 Å². The molecule has 0 atom stereocenters. The van der Waals surface area contributed by atoms with Crippen LogP contribution in [0.1, 0.15) is 22.8 Å². The number of amides is 3. The summed E-state index contributed by atoms with van der Waals surface area (Å²) in [4.78, 5) is 27.3. The Morgan fingerprint density at radius 2 is 1.81 bits per heavy atom. The van der Waals surface area contributed by atoms with Gasteiger partial charge < -0.3 is 15.1 Å². The summed E-state index contributed by atoms with van der Waals surface area (Å²) >= 11 is 0. The van der Waals surface area contributed by atoms with Gasteiger partial charge in [-0.15, -0.1) is 0 Å². The molecule has 1 aliphatic rings. The third kappa shape index (κ3) is 3.51. The highest BCUT2D eigenvalue weighted by Crippen LogP contribution is 2.13. The zero-order valence-electron chi connectivity index (χ0n) is 12.4. The molecule has 1 heterocycles. The van der Waals surface area contributed by atoms with E-state index in [2.05, 4.69) is 5.32 Å². The molecule has 1 aromatic rings. The van der Waals surface area contributed by atoms with Gasteiger partial charge in [-0.25, -0.2) is 9.18 Å². The van der Waals surface area contributed by atoms with Crippen LogP contribution in [0.3, 0.4) is 0 Å². The summed E-state index contributed by atoms with van der Waals surface area (Å²) in [5.41, 5.74) is 0.872. The Morgan fingerprint density at radius 3 is 2.38 bits per heavy atom. The van der Waals surface area contributed by atoms with Crippen LogP contribution in [0.25, 0.3) is 0 Å². The van der Waals surface area contributed by atoms with Crippen molar-refractivity contribution in [3.63, 3.8) is 0 Å². The number of carbonyl (C=O) groups excluding carboxylic acids is 2. The van der Waals surface area contributed by atoms with Crippen molar-refractivity contribution in [2.24, 2.45) is 0 Å². The molecule has 0 unspecified atom stereocenters. The Labute approximate surface area is 123 Å². The summed E-state index contributed by atoms with van der Waals surface area (Å²) in [7, 11) is 0. The Morgan fingerprint density at radius 1 is 1.19 bits per heavy atom. The zero-order chi connectivity index (χ0) is 15.4. The van der Waals surface area contributed by atoms with Gasteiger partial charge in [0.1, 0.15) is 5.82 Å². The molecule has 0 aromatic heterocycles. The first-order chi connectivity index (χ1) is 10.0. The van der Waals surface area contributed by atoms with E-state index in [1.807, 2.05) is 6.92 Å². The molecule has 3 amide bonds. The average molecular weight is 293 g/mol. The van der Waals surface area contributed by atoms with Crippen molar-refractivity contribution in [3.05, 3.63) is 35.1 Å². The van der Waals surface area contributed by atoms with Gasteiger partial charge in [0.2, 0.25) is 0 Å². The molecule has 2 rings (SSSR count). The lowest BCUT2D eigenvalue weighted by atomic mass is 10.1. The third-order valence-electron chi connectivity index (χ3n) is 3.60. The van der Waals surface area contributed by atoms with Crippen LogP contribution in [0.2, 0.25) is 0 Å². The molecule has 21 heavy (non-hydrogen) atoms. The Balaban J connectivity index is 1.97. The van der Waals surface area contributed by atoms with Crippen LogP contribution in [0, 0.1) is 12.7 Å². The van der Waals surface area contributed by atoms with Gasteiger partial charge in [0.25, 0.3) is 5.91 Å². The Kier molecular flexibility index (Phi) is 4.77. The number of nitrogens with one attached hydrogen (secondary N) is 1. The van der Waals surface area contributed by atoms with E-state index >= 15 is 0 Å². The SMILES string of the molecule is CCNC(=O)N1CCN(C(=O)c2ccc(C)c(F)c2)CC1. The van der Waals surface area contributed by atoms with Crippen molar-refractivity contribution in [2.45, 2.75) is 13.8 Å². The van der Waals surface area contributed by atoms with E-state index in [1.54, 1.807) is 28.9 Å². The van der Waals surface area contributed by atoms with Crippen molar-refractivity contribution in [1.29, 1.82) is 0 Å². The van der Waals surface area contributed by atoms with Crippen molar-refractivity contribution in [1.82, 2.24) is 15.1 Å². The van der Waals surface area contributed by atoms with Gasteiger partial charge in [-0.05, 0) is 31.5 Å². The largest absolute Gasteiger partial charge is 0.338 e. The van der Waals surface area contributed by atoms with Crippen molar-refractivity contribution < 1.29 is 14.0 Å². The Bertz CT molecular complexity index is 540. The number of nitrogens with zero attached hydrogens (tertiary/aromatic N) is 2. The molecule has 0 saturated carbocycles. The van der Waals surface area contributed by atoms with E-state index in [0.717, 1.165) is 0 Å². The molecule has 1 N–H and O–H groups in total. The molecule has 1 saturated heterocycles. The minimum atomic E-state index is -0.373. The monoisotopic (exact) mass is 293 g/mol. The molecule has 0 radical (unpaired) electrons. The fraction of sp³-hybridized carbons (Fsp3) is 0.467. The molecule has 1 fully saturated rings. The smallest absolute Gasteiger partial charge is 0.317 e. The maximum absolute atomic E-state index is 13.5. The molecule has 5 nitrogen and oxygen atoms in total. The number of aryl methyl sites for hydroxylation is 1. The molecule has 1 aromatic carbocycles. The average Bonchev–Trinajstić information content (AvgIpc) is 2.50. The van der Waals surface area contributed by atoms with Crippen LogP contribution in [0.5, 0.6) is 0 Å². The topological polar surface area (TPSA) is 52.7 Å². The van der Waals surface area contributed by atoms with Crippen molar-refractivity contribution in [3.8, 4) is 0 Å². The number of hydrogen-bond acceptors (Lipinski definition) is 2. The minimum Gasteiger partial charge on any atom is -0.338 e. The highest BCUT2D eigenvalue weighted by atomic mass is 19.1. The molecule has 1 aliphatic heterocycles. The van der Waals surface area contributed by atoms with Crippen LogP contribution < -0.4 is 5.32 Å². The zero-order valence-corrected chi connectivity index (χ0v) is 12.4. The molecule has 0 aliphatic carbocycles. The lowest BCUT2D eigenvalue weighted by Gasteiger charge is -2.34. The predicted molar refractivity (Wildman–Crippen MR) is 77.7 cm³/mol. The first kappa shape index (κ1) is 15.3. The number of urea groups is 1. The van der Waals surface area contributed by atoms with Gasteiger partial charge >= 0.3 is 6.03 Å². The van der Waals surface area contributed by atoms with E-state index in [9.17, 15) is 14.0 Å². The summed E-state index contributed by atoms with van der Waals surface area (Å²) in [5.74, 6) is -0.564. The predicted octanol–water partition coefficient (Wildman–Crippen LogP) is 1.62. The molecule has 0 spiro atoms. The molecule has 6 heteroatoms. The second-order valence-electron chi connectivity index (χ2n) is 5.08. The third-order valence-corrected chi connectivity index (χ3v) is 3.60. The van der Waals surface area contributed by atoms with Crippen LogP contribution in [-0.4, -0.2) is 54.5 Å². The summed E-state index contributed by atoms with van der Waals surface area (Å²) in [6, 6.07) is 4.41. The maximum Gasteiger partial charge on any atom is 0.317 e. The molecule has 0 bridgehead atoms. The van der Waals surface area contributed by atoms with E-state index in [4.69, 9.17) is 0 Å². The van der Waals surface area contributed by atoms with Crippen LogP contribution in [0.15, 0.2) is 18.2 Å². The summed E-state index contributed by atoms with van der Waals surface area (Å²) in [5, 5.41) is 2.74. The highest BCUT2D eigenvalue weighted by molar-refractivity contribution is 5.94. The number of hydrogen-bond donors (Lipinski definition) is 1. The quantitative estimate of drug-likeness (QED) is 0.901. The van der Waals surface area contributed by atoms with Crippen LogP contribution >= 0.6 is 0 Å². The van der Waals surface area contributed by atoms with Gasteiger partial charge in [-0.3, -0.25) is 4.79 Å². The molecule has 114 valence electrons. The number of benzene rings is 1. The van der Waals surface area contributed by atoms with Crippen LogP contribution in [0.4, 0.5) is 9.18 Å². The molecular formula is C15H20FN3O2. The van der Waals surface area contributed by atoms with Gasteiger partial charge in [-0.2, -0.15) is 0 Å². The lowest BCUT2D eigenvalue weighted by Crippen LogP contribution is -2.53. The van der Waals surface area contributed by atoms with Crippen molar-refractivity contribution in [2.75, 3.05) is 32.7 Å². The molecular weight excluding hydrogens is 273 g/mol. The number of rotatable bonds is 2. The second-order valence-corrected chi connectivity index (χ2v) is 5.08. The summed E-state index contributed by atoms with van der Waals surface area (Å²) < 4.78 is 13.5. The normalized spacial score (nSPS) is 15.0. The maximum atomic E-state index is 13.5. The number of halogens is 1. The fourth-order valence-electron chi connectivity index (χ4n) is 2.28. The number of carbonyl (C=O) groups is 2. The number of piperazine rings is 1. The van der Waals surface area contributed by atoms with E-state index in [1.165, 1.54) is 6.07 Å².